The third kappa shape index (κ3) is 5.70. The predicted octanol–water partition coefficient (Wildman–Crippen LogP) is 2.49. The molecular formula is C16H22N4O2S2. The molecule has 8 heteroatoms. The zero-order chi connectivity index (χ0) is 17.5. The van der Waals surface area contributed by atoms with Gasteiger partial charge in [0.1, 0.15) is 0 Å². The molecule has 2 aromatic heterocycles. The van der Waals surface area contributed by atoms with E-state index >= 15 is 0 Å². The van der Waals surface area contributed by atoms with Crippen molar-refractivity contribution in [2.75, 3.05) is 11.9 Å². The number of rotatable bonds is 8. The molecule has 0 fully saturated rings. The number of hydrogen-bond acceptors (Lipinski definition) is 6. The fourth-order valence-corrected chi connectivity index (χ4v) is 3.56. The number of thiazole rings is 1. The van der Waals surface area contributed by atoms with Crippen molar-refractivity contribution in [3.8, 4) is 0 Å². The van der Waals surface area contributed by atoms with Gasteiger partial charge >= 0.3 is 0 Å². The Kier molecular flexibility index (Phi) is 6.89. The van der Waals surface area contributed by atoms with Gasteiger partial charge in [0.25, 0.3) is 5.91 Å². The highest BCUT2D eigenvalue weighted by Crippen LogP contribution is 2.18. The van der Waals surface area contributed by atoms with Crippen molar-refractivity contribution in [2.45, 2.75) is 32.7 Å². The first-order chi connectivity index (χ1) is 11.5. The van der Waals surface area contributed by atoms with Crippen LogP contribution in [0, 0.1) is 5.92 Å². The molecule has 0 aliphatic carbocycles. The average molecular weight is 367 g/mol. The number of nitrogens with two attached hydrogens (primary N) is 1. The number of thiophene rings is 1. The number of nitrogens with one attached hydrogen (secondary N) is 2. The molecule has 2 aromatic rings. The first-order valence-corrected chi connectivity index (χ1v) is 9.52. The number of carbonyl (C=O) groups is 2. The first-order valence-electron chi connectivity index (χ1n) is 7.76. The van der Waals surface area contributed by atoms with Crippen molar-refractivity contribution in [1.29, 1.82) is 0 Å². The van der Waals surface area contributed by atoms with Gasteiger partial charge in [-0.15, -0.1) is 22.7 Å². The summed E-state index contributed by atoms with van der Waals surface area (Å²) < 4.78 is 0. The second-order valence-electron chi connectivity index (χ2n) is 5.88. The average Bonchev–Trinajstić information content (AvgIpc) is 3.17. The van der Waals surface area contributed by atoms with Crippen LogP contribution in [0.4, 0.5) is 5.13 Å². The molecule has 2 heterocycles. The number of carbonyl (C=O) groups excluding carboxylic acids is 2. The topological polar surface area (TPSA) is 97.1 Å². The zero-order valence-electron chi connectivity index (χ0n) is 13.7. The Morgan fingerprint density at radius 1 is 1.33 bits per heavy atom. The molecule has 2 rings (SSSR count). The Labute approximate surface area is 149 Å². The largest absolute Gasteiger partial charge is 0.352 e. The molecule has 4 N–H and O–H groups in total. The minimum Gasteiger partial charge on any atom is -0.352 e. The van der Waals surface area contributed by atoms with Gasteiger partial charge in [-0.1, -0.05) is 19.9 Å². The molecule has 0 aromatic carbocycles. The molecule has 0 aliphatic rings. The number of anilines is 1. The van der Waals surface area contributed by atoms with E-state index in [1.165, 1.54) is 22.7 Å². The highest BCUT2D eigenvalue weighted by atomic mass is 32.1. The van der Waals surface area contributed by atoms with Gasteiger partial charge in [0.05, 0.1) is 17.0 Å². The molecule has 1 atom stereocenters. The molecule has 2 amide bonds. The van der Waals surface area contributed by atoms with E-state index in [2.05, 4.69) is 29.5 Å². The monoisotopic (exact) mass is 366 g/mol. The summed E-state index contributed by atoms with van der Waals surface area (Å²) in [6.45, 7) is 4.61. The normalized spacial score (nSPS) is 12.2. The van der Waals surface area contributed by atoms with Crippen LogP contribution in [0.2, 0.25) is 0 Å². The van der Waals surface area contributed by atoms with E-state index in [1.54, 1.807) is 11.4 Å². The minimum absolute atomic E-state index is 0.0193. The summed E-state index contributed by atoms with van der Waals surface area (Å²) in [6.07, 6.45) is 1.03. The molecule has 130 valence electrons. The van der Waals surface area contributed by atoms with Crippen LogP contribution in [0.1, 0.15) is 35.6 Å². The van der Waals surface area contributed by atoms with Crippen molar-refractivity contribution >= 4 is 39.6 Å². The molecule has 0 aliphatic heterocycles. The number of amides is 2. The Balaban J connectivity index is 1.86. The third-order valence-electron chi connectivity index (χ3n) is 3.26. The zero-order valence-corrected chi connectivity index (χ0v) is 15.4. The van der Waals surface area contributed by atoms with E-state index in [0.29, 0.717) is 28.2 Å². The Morgan fingerprint density at radius 2 is 2.12 bits per heavy atom. The lowest BCUT2D eigenvalue weighted by Crippen LogP contribution is -2.41. The molecule has 0 radical (unpaired) electrons. The van der Waals surface area contributed by atoms with Crippen molar-refractivity contribution in [2.24, 2.45) is 11.7 Å². The summed E-state index contributed by atoms with van der Waals surface area (Å²) >= 11 is 2.68. The third-order valence-corrected chi connectivity index (χ3v) is 4.94. The number of aromatic nitrogens is 1. The summed E-state index contributed by atoms with van der Waals surface area (Å²) in [5.74, 6) is 0.181. The van der Waals surface area contributed by atoms with E-state index in [9.17, 15) is 9.59 Å². The first kappa shape index (κ1) is 18.6. The standard InChI is InChI=1S/C16H22N4O2S2/c1-10(2)6-11(8-17)18-14(21)7-12-9-24-16(19-12)20-15(22)13-4-3-5-23-13/h3-5,9-11H,6-8,17H2,1-2H3,(H,18,21)(H,19,20,22). The van der Waals surface area contributed by atoms with Gasteiger partial charge in [-0.2, -0.15) is 0 Å². The summed E-state index contributed by atoms with van der Waals surface area (Å²) in [5, 5.41) is 9.80. The van der Waals surface area contributed by atoms with Gasteiger partial charge in [0.15, 0.2) is 5.13 Å². The van der Waals surface area contributed by atoms with Crippen molar-refractivity contribution < 1.29 is 9.59 Å². The molecular weight excluding hydrogens is 344 g/mol. The Bertz CT molecular complexity index is 667. The maximum absolute atomic E-state index is 12.1. The minimum atomic E-state index is -0.185. The van der Waals surface area contributed by atoms with Gasteiger partial charge in [-0.3, -0.25) is 14.9 Å². The summed E-state index contributed by atoms with van der Waals surface area (Å²) in [6, 6.07) is 3.56. The lowest BCUT2D eigenvalue weighted by Gasteiger charge is -2.18. The predicted molar refractivity (Wildman–Crippen MR) is 98.5 cm³/mol. The SMILES string of the molecule is CC(C)CC(CN)NC(=O)Cc1csc(NC(=O)c2cccs2)n1. The molecule has 6 nitrogen and oxygen atoms in total. The highest BCUT2D eigenvalue weighted by molar-refractivity contribution is 7.14. The van der Waals surface area contributed by atoms with Crippen LogP contribution in [0.25, 0.3) is 0 Å². The van der Waals surface area contributed by atoms with Gasteiger partial charge in [0.2, 0.25) is 5.91 Å². The van der Waals surface area contributed by atoms with Crippen LogP contribution in [0.3, 0.4) is 0 Å². The lowest BCUT2D eigenvalue weighted by molar-refractivity contribution is -0.121. The van der Waals surface area contributed by atoms with E-state index in [4.69, 9.17) is 5.73 Å². The van der Waals surface area contributed by atoms with E-state index in [1.807, 2.05) is 11.4 Å². The summed E-state index contributed by atoms with van der Waals surface area (Å²) in [5.41, 5.74) is 6.33. The second-order valence-corrected chi connectivity index (χ2v) is 7.69. The highest BCUT2D eigenvalue weighted by Gasteiger charge is 2.15. The van der Waals surface area contributed by atoms with Crippen LogP contribution >= 0.6 is 22.7 Å². The van der Waals surface area contributed by atoms with Gasteiger partial charge in [-0.25, -0.2) is 4.98 Å². The van der Waals surface area contributed by atoms with Crippen molar-refractivity contribution in [3.63, 3.8) is 0 Å². The Hall–Kier alpha value is -1.77. The van der Waals surface area contributed by atoms with Gasteiger partial charge in [0, 0.05) is 18.0 Å². The summed E-state index contributed by atoms with van der Waals surface area (Å²) in [7, 11) is 0. The van der Waals surface area contributed by atoms with Crippen LogP contribution in [-0.4, -0.2) is 29.4 Å². The molecule has 0 saturated carbocycles. The van der Waals surface area contributed by atoms with E-state index in [0.717, 1.165) is 6.42 Å². The van der Waals surface area contributed by atoms with Crippen LogP contribution in [0.5, 0.6) is 0 Å². The quantitative estimate of drug-likeness (QED) is 0.668. The van der Waals surface area contributed by atoms with Gasteiger partial charge < -0.3 is 11.1 Å². The van der Waals surface area contributed by atoms with E-state index < -0.39 is 0 Å². The maximum atomic E-state index is 12.1. The molecule has 24 heavy (non-hydrogen) atoms. The van der Waals surface area contributed by atoms with E-state index in [-0.39, 0.29) is 24.3 Å². The van der Waals surface area contributed by atoms with Crippen LogP contribution in [-0.2, 0) is 11.2 Å². The second kappa shape index (κ2) is 8.91. The lowest BCUT2D eigenvalue weighted by atomic mass is 10.0. The molecule has 0 spiro atoms. The van der Waals surface area contributed by atoms with Crippen LogP contribution in [0.15, 0.2) is 22.9 Å². The molecule has 1 unspecified atom stereocenters. The fourth-order valence-electron chi connectivity index (χ4n) is 2.24. The van der Waals surface area contributed by atoms with Crippen molar-refractivity contribution in [3.05, 3.63) is 33.5 Å². The molecule has 0 saturated heterocycles. The van der Waals surface area contributed by atoms with Crippen LogP contribution < -0.4 is 16.4 Å². The summed E-state index contributed by atoms with van der Waals surface area (Å²) in [4.78, 5) is 29.0. The van der Waals surface area contributed by atoms with Gasteiger partial charge in [-0.05, 0) is 23.8 Å². The fraction of sp³-hybridized carbons (Fsp3) is 0.438. The maximum Gasteiger partial charge on any atom is 0.267 e. The number of nitrogens with zero attached hydrogens (tertiary/aromatic N) is 1. The number of hydrogen-bond donors (Lipinski definition) is 3. The smallest absolute Gasteiger partial charge is 0.267 e. The Morgan fingerprint density at radius 3 is 2.75 bits per heavy atom. The van der Waals surface area contributed by atoms with Crippen molar-refractivity contribution in [1.82, 2.24) is 10.3 Å². The molecule has 0 bridgehead atoms.